The monoisotopic (exact) mass is 308 g/mol. The lowest BCUT2D eigenvalue weighted by Gasteiger charge is -2.36. The highest BCUT2D eigenvalue weighted by atomic mass is 35.5. The van der Waals surface area contributed by atoms with Crippen LogP contribution in [0.3, 0.4) is 0 Å². The molecule has 1 aromatic carbocycles. The molecule has 0 spiro atoms. The molecule has 2 N–H and O–H groups in total. The molecular weight excluding hydrogens is 294 g/mol. The zero-order chi connectivity index (χ0) is 15.6. The SMILES string of the molecule is CC1(Cc2ccccc2Cl)C=C(C=O)C([O-])=C(N(O)O)C1. The Hall–Kier alpha value is -1.82. The summed E-state index contributed by atoms with van der Waals surface area (Å²) in [5, 5.41) is 30.6. The summed E-state index contributed by atoms with van der Waals surface area (Å²) in [6.07, 6.45) is 2.56. The average Bonchev–Trinajstić information content (AvgIpc) is 2.43. The molecule has 0 bridgehead atoms. The number of halogens is 1. The van der Waals surface area contributed by atoms with Crippen LogP contribution in [0.4, 0.5) is 0 Å². The first-order valence-corrected chi connectivity index (χ1v) is 6.74. The first-order valence-electron chi connectivity index (χ1n) is 6.36. The molecule has 0 amide bonds. The van der Waals surface area contributed by atoms with Crippen LogP contribution in [0.1, 0.15) is 18.9 Å². The fraction of sp³-hybridized carbons (Fsp3) is 0.267. The second-order valence-corrected chi connectivity index (χ2v) is 5.79. The van der Waals surface area contributed by atoms with Crippen molar-refractivity contribution in [2.45, 2.75) is 19.8 Å². The summed E-state index contributed by atoms with van der Waals surface area (Å²) in [5.41, 5.74) is -0.0684. The van der Waals surface area contributed by atoms with E-state index in [9.17, 15) is 20.3 Å². The quantitative estimate of drug-likeness (QED) is 0.657. The molecule has 0 radical (unpaired) electrons. The Balaban J connectivity index is 2.38. The van der Waals surface area contributed by atoms with Gasteiger partial charge in [0, 0.05) is 17.0 Å². The largest absolute Gasteiger partial charge is 0.871 e. The van der Waals surface area contributed by atoms with E-state index in [1.807, 2.05) is 25.1 Å². The topological polar surface area (TPSA) is 83.8 Å². The Bertz CT molecular complexity index is 624. The minimum absolute atomic E-state index is 0.0843. The summed E-state index contributed by atoms with van der Waals surface area (Å²) >= 11 is 6.13. The molecule has 1 aliphatic rings. The van der Waals surface area contributed by atoms with Crippen LogP contribution in [0, 0.1) is 5.41 Å². The molecule has 0 aliphatic heterocycles. The predicted octanol–water partition coefficient (Wildman–Crippen LogP) is 2.07. The maximum Gasteiger partial charge on any atom is 0.149 e. The zero-order valence-corrected chi connectivity index (χ0v) is 12.2. The molecule has 2 rings (SSSR count). The minimum Gasteiger partial charge on any atom is -0.871 e. The molecule has 0 aromatic heterocycles. The first kappa shape index (κ1) is 15.6. The van der Waals surface area contributed by atoms with Crippen LogP contribution in [0.2, 0.25) is 5.02 Å². The second kappa shape index (κ2) is 5.89. The smallest absolute Gasteiger partial charge is 0.149 e. The Morgan fingerprint density at radius 2 is 2.10 bits per heavy atom. The summed E-state index contributed by atoms with van der Waals surface area (Å²) in [5.74, 6) is -0.674. The normalized spacial score (nSPS) is 22.0. The molecule has 1 aliphatic carbocycles. The van der Waals surface area contributed by atoms with Crippen LogP contribution in [-0.2, 0) is 11.2 Å². The van der Waals surface area contributed by atoms with Crippen LogP contribution < -0.4 is 5.11 Å². The van der Waals surface area contributed by atoms with Crippen LogP contribution in [0.5, 0.6) is 0 Å². The number of nitrogens with zero attached hydrogens (tertiary/aromatic N) is 1. The van der Waals surface area contributed by atoms with Gasteiger partial charge in [0.2, 0.25) is 0 Å². The van der Waals surface area contributed by atoms with Gasteiger partial charge < -0.3 is 5.11 Å². The summed E-state index contributed by atoms with van der Waals surface area (Å²) in [7, 11) is 0. The van der Waals surface area contributed by atoms with Crippen molar-refractivity contribution in [1.29, 1.82) is 0 Å². The Kier molecular flexibility index (Phi) is 4.37. The molecule has 1 aromatic rings. The van der Waals surface area contributed by atoms with Crippen LogP contribution >= 0.6 is 11.6 Å². The van der Waals surface area contributed by atoms with E-state index in [-0.39, 0.29) is 22.9 Å². The van der Waals surface area contributed by atoms with Gasteiger partial charge in [0.15, 0.2) is 0 Å². The number of hydrogen-bond donors (Lipinski definition) is 2. The van der Waals surface area contributed by atoms with Crippen molar-refractivity contribution in [3.8, 4) is 0 Å². The van der Waals surface area contributed by atoms with Gasteiger partial charge in [-0.2, -0.15) is 0 Å². The molecule has 0 saturated carbocycles. The summed E-state index contributed by atoms with van der Waals surface area (Å²) in [6, 6.07) is 7.27. The van der Waals surface area contributed by atoms with Crippen molar-refractivity contribution in [1.82, 2.24) is 5.23 Å². The van der Waals surface area contributed by atoms with Crippen LogP contribution in [-0.4, -0.2) is 21.9 Å². The van der Waals surface area contributed by atoms with Gasteiger partial charge in [0.1, 0.15) is 6.29 Å². The molecule has 112 valence electrons. The van der Waals surface area contributed by atoms with Crippen LogP contribution in [0.25, 0.3) is 0 Å². The van der Waals surface area contributed by atoms with E-state index in [2.05, 4.69) is 0 Å². The molecule has 1 atom stereocenters. The van der Waals surface area contributed by atoms with Gasteiger partial charge >= 0.3 is 0 Å². The van der Waals surface area contributed by atoms with E-state index in [0.29, 0.717) is 17.7 Å². The van der Waals surface area contributed by atoms with E-state index in [4.69, 9.17) is 11.6 Å². The zero-order valence-electron chi connectivity index (χ0n) is 11.4. The molecule has 5 nitrogen and oxygen atoms in total. The fourth-order valence-corrected chi connectivity index (χ4v) is 2.76. The summed E-state index contributed by atoms with van der Waals surface area (Å²) in [4.78, 5) is 11.0. The maximum absolute atomic E-state index is 11.9. The van der Waals surface area contributed by atoms with Gasteiger partial charge in [-0.25, -0.2) is 0 Å². The number of allylic oxidation sites excluding steroid dienone is 3. The molecule has 6 heteroatoms. The van der Waals surface area contributed by atoms with Gasteiger partial charge in [-0.05, 0) is 23.5 Å². The molecule has 0 saturated heterocycles. The number of hydroxylamine groups is 2. The van der Waals surface area contributed by atoms with Gasteiger partial charge in [-0.3, -0.25) is 15.2 Å². The minimum atomic E-state index is -0.674. The Morgan fingerprint density at radius 3 is 2.67 bits per heavy atom. The van der Waals surface area contributed by atoms with Gasteiger partial charge in [0.05, 0.1) is 5.70 Å². The van der Waals surface area contributed by atoms with E-state index < -0.39 is 11.2 Å². The lowest BCUT2D eigenvalue weighted by molar-refractivity contribution is -0.326. The Labute approximate surface area is 127 Å². The third kappa shape index (κ3) is 3.26. The predicted molar refractivity (Wildman–Crippen MR) is 74.5 cm³/mol. The maximum atomic E-state index is 11.9. The number of aldehydes is 1. The van der Waals surface area contributed by atoms with Crippen molar-refractivity contribution >= 4 is 17.9 Å². The summed E-state index contributed by atoms with van der Waals surface area (Å²) in [6.45, 7) is 1.83. The van der Waals surface area contributed by atoms with Gasteiger partial charge in [-0.15, -0.1) is 5.23 Å². The summed E-state index contributed by atoms with van der Waals surface area (Å²) < 4.78 is 0. The molecular formula is C15H15ClNO4-. The lowest BCUT2D eigenvalue weighted by atomic mass is 9.75. The van der Waals surface area contributed by atoms with Gasteiger partial charge in [0.25, 0.3) is 0 Å². The second-order valence-electron chi connectivity index (χ2n) is 5.38. The van der Waals surface area contributed by atoms with Crippen molar-refractivity contribution < 1.29 is 20.3 Å². The van der Waals surface area contributed by atoms with Crippen molar-refractivity contribution in [3.63, 3.8) is 0 Å². The van der Waals surface area contributed by atoms with E-state index in [0.717, 1.165) is 5.56 Å². The number of carbonyl (C=O) groups excluding carboxylic acids is 1. The van der Waals surface area contributed by atoms with E-state index in [1.165, 1.54) is 0 Å². The lowest BCUT2D eigenvalue weighted by Crippen LogP contribution is -2.32. The molecule has 1 unspecified atom stereocenters. The fourth-order valence-electron chi connectivity index (χ4n) is 2.56. The highest BCUT2D eigenvalue weighted by Gasteiger charge is 2.31. The number of hydrogen-bond acceptors (Lipinski definition) is 5. The third-order valence-electron chi connectivity index (χ3n) is 3.52. The van der Waals surface area contributed by atoms with Crippen molar-refractivity contribution in [2.75, 3.05) is 0 Å². The molecule has 21 heavy (non-hydrogen) atoms. The number of rotatable bonds is 4. The molecule has 0 fully saturated rings. The average molecular weight is 309 g/mol. The van der Waals surface area contributed by atoms with E-state index >= 15 is 0 Å². The standard InChI is InChI=1S/C15H16ClNO4/c1-15(6-10-4-2-3-5-12(10)16)7-11(9-18)14(19)13(8-15)17(20)21/h2-5,7,9,19-21H,6,8H2,1H3/p-1. The number of benzene rings is 1. The van der Waals surface area contributed by atoms with Crippen LogP contribution in [0.15, 0.2) is 47.4 Å². The highest BCUT2D eigenvalue weighted by molar-refractivity contribution is 6.31. The van der Waals surface area contributed by atoms with E-state index in [1.54, 1.807) is 12.1 Å². The molecule has 0 heterocycles. The Morgan fingerprint density at radius 1 is 1.43 bits per heavy atom. The highest BCUT2D eigenvalue weighted by Crippen LogP contribution is 2.39. The van der Waals surface area contributed by atoms with Crippen molar-refractivity contribution in [3.05, 3.63) is 58.0 Å². The van der Waals surface area contributed by atoms with Gasteiger partial charge in [-0.1, -0.05) is 48.6 Å². The first-order chi connectivity index (χ1) is 9.86. The third-order valence-corrected chi connectivity index (χ3v) is 3.89. The number of carbonyl (C=O) groups is 1. The van der Waals surface area contributed by atoms with Crippen molar-refractivity contribution in [2.24, 2.45) is 5.41 Å².